The Morgan fingerprint density at radius 3 is 2.89 bits per heavy atom. The molecule has 1 atom stereocenters. The Kier molecular flexibility index (Phi) is 5.20. The summed E-state index contributed by atoms with van der Waals surface area (Å²) in [5, 5.41) is 12.5. The fourth-order valence-electron chi connectivity index (χ4n) is 2.84. The molecule has 5 nitrogen and oxygen atoms in total. The molecule has 0 bridgehead atoms. The third kappa shape index (κ3) is 3.88. The number of para-hydroxylation sites is 1. The summed E-state index contributed by atoms with van der Waals surface area (Å²) in [4.78, 5) is 4.58. The first-order valence-electron chi connectivity index (χ1n) is 8.90. The molecule has 0 saturated heterocycles. The summed E-state index contributed by atoms with van der Waals surface area (Å²) in [7, 11) is 0. The molecular weight excluding hydrogens is 363 g/mol. The zero-order chi connectivity index (χ0) is 18.6. The molecule has 3 aromatic rings. The summed E-state index contributed by atoms with van der Waals surface area (Å²) >= 11 is 1.56. The highest BCUT2D eigenvalue weighted by molar-refractivity contribution is 7.99. The maximum Gasteiger partial charge on any atom is 0.247 e. The van der Waals surface area contributed by atoms with E-state index in [1.807, 2.05) is 30.3 Å². The molecule has 2 aromatic carbocycles. The molecule has 1 aliphatic heterocycles. The van der Waals surface area contributed by atoms with Crippen LogP contribution in [0.15, 0.2) is 53.7 Å². The molecule has 0 fully saturated rings. The van der Waals surface area contributed by atoms with Crippen molar-refractivity contribution in [1.29, 1.82) is 0 Å². The predicted molar refractivity (Wildman–Crippen MR) is 104 cm³/mol. The SMILES string of the molecule is CCCCSc1nnc2c(n1)OC(c1cccc(F)c1)Nc1ccccc1-2. The van der Waals surface area contributed by atoms with Crippen molar-refractivity contribution in [2.45, 2.75) is 31.1 Å². The van der Waals surface area contributed by atoms with Crippen molar-refractivity contribution in [1.82, 2.24) is 15.2 Å². The summed E-state index contributed by atoms with van der Waals surface area (Å²) in [6, 6.07) is 14.1. The number of nitrogens with one attached hydrogen (secondary N) is 1. The largest absolute Gasteiger partial charge is 0.448 e. The number of unbranched alkanes of at least 4 members (excludes halogenated alkanes) is 1. The average Bonchev–Trinajstić information content (AvgIpc) is 2.85. The monoisotopic (exact) mass is 382 g/mol. The quantitative estimate of drug-likeness (QED) is 0.491. The predicted octanol–water partition coefficient (Wildman–Crippen LogP) is 5.07. The standard InChI is InChI=1S/C20H19FN4OS/c1-2-3-11-27-20-23-19-17(24-25-20)15-9-4-5-10-16(15)22-18(26-19)13-7-6-8-14(21)12-13/h4-10,12,18,22H,2-3,11H2,1H3. The van der Waals surface area contributed by atoms with E-state index in [1.54, 1.807) is 17.8 Å². The second kappa shape index (κ2) is 7.92. The van der Waals surface area contributed by atoms with E-state index in [2.05, 4.69) is 27.4 Å². The van der Waals surface area contributed by atoms with Crippen LogP contribution in [0.2, 0.25) is 0 Å². The second-order valence-corrected chi connectivity index (χ2v) is 7.26. The van der Waals surface area contributed by atoms with Crippen molar-refractivity contribution >= 4 is 17.4 Å². The van der Waals surface area contributed by atoms with Crippen LogP contribution in [0.4, 0.5) is 10.1 Å². The normalized spacial score (nSPS) is 15.1. The topological polar surface area (TPSA) is 59.9 Å². The number of rotatable bonds is 5. The summed E-state index contributed by atoms with van der Waals surface area (Å²) in [6.45, 7) is 2.14. The van der Waals surface area contributed by atoms with Gasteiger partial charge in [-0.25, -0.2) is 4.39 Å². The van der Waals surface area contributed by atoms with Crippen LogP contribution < -0.4 is 10.1 Å². The molecule has 27 heavy (non-hydrogen) atoms. The maximum atomic E-state index is 13.7. The van der Waals surface area contributed by atoms with E-state index in [0.717, 1.165) is 29.8 Å². The third-order valence-electron chi connectivity index (χ3n) is 4.21. The first kappa shape index (κ1) is 17.7. The van der Waals surface area contributed by atoms with Gasteiger partial charge in [0.05, 0.1) is 0 Å². The van der Waals surface area contributed by atoms with Crippen LogP contribution in [0.1, 0.15) is 31.6 Å². The van der Waals surface area contributed by atoms with Gasteiger partial charge in [-0.05, 0) is 24.6 Å². The zero-order valence-corrected chi connectivity index (χ0v) is 15.7. The molecule has 1 N–H and O–H groups in total. The molecule has 2 heterocycles. The molecule has 4 rings (SSSR count). The third-order valence-corrected chi connectivity index (χ3v) is 5.14. The summed E-state index contributed by atoms with van der Waals surface area (Å²) in [6.07, 6.45) is 1.62. The van der Waals surface area contributed by atoms with E-state index in [0.29, 0.717) is 22.3 Å². The number of anilines is 1. The Balaban J connectivity index is 1.74. The highest BCUT2D eigenvalue weighted by atomic mass is 32.2. The van der Waals surface area contributed by atoms with Crippen molar-refractivity contribution in [2.24, 2.45) is 0 Å². The molecule has 1 unspecified atom stereocenters. The number of ether oxygens (including phenoxy) is 1. The van der Waals surface area contributed by atoms with E-state index in [1.165, 1.54) is 12.1 Å². The average molecular weight is 382 g/mol. The van der Waals surface area contributed by atoms with Crippen molar-refractivity contribution in [3.63, 3.8) is 0 Å². The van der Waals surface area contributed by atoms with Gasteiger partial charge in [0.1, 0.15) is 5.82 Å². The summed E-state index contributed by atoms with van der Waals surface area (Å²) in [5.41, 5.74) is 2.96. The van der Waals surface area contributed by atoms with Gasteiger partial charge in [-0.1, -0.05) is 55.4 Å². The number of hydrogen-bond donors (Lipinski definition) is 1. The van der Waals surface area contributed by atoms with Crippen LogP contribution in [-0.4, -0.2) is 20.9 Å². The van der Waals surface area contributed by atoms with Gasteiger partial charge in [0.25, 0.3) is 0 Å². The van der Waals surface area contributed by atoms with Gasteiger partial charge in [0.2, 0.25) is 11.0 Å². The number of hydrogen-bond acceptors (Lipinski definition) is 6. The molecule has 0 amide bonds. The van der Waals surface area contributed by atoms with Crippen LogP contribution >= 0.6 is 11.8 Å². The van der Waals surface area contributed by atoms with Crippen molar-refractivity contribution in [3.05, 3.63) is 59.9 Å². The van der Waals surface area contributed by atoms with Crippen LogP contribution in [0.3, 0.4) is 0 Å². The van der Waals surface area contributed by atoms with Crippen molar-refractivity contribution in [2.75, 3.05) is 11.1 Å². The molecule has 7 heteroatoms. The zero-order valence-electron chi connectivity index (χ0n) is 14.9. The second-order valence-electron chi connectivity index (χ2n) is 6.19. The molecule has 0 radical (unpaired) electrons. The number of thioether (sulfide) groups is 1. The van der Waals surface area contributed by atoms with Crippen molar-refractivity contribution in [3.8, 4) is 17.1 Å². The number of aromatic nitrogens is 3. The Bertz CT molecular complexity index is 953. The first-order valence-corrected chi connectivity index (χ1v) is 9.88. The van der Waals surface area contributed by atoms with E-state index >= 15 is 0 Å². The van der Waals surface area contributed by atoms with E-state index in [-0.39, 0.29) is 5.82 Å². The van der Waals surface area contributed by atoms with Crippen LogP contribution in [0.5, 0.6) is 5.88 Å². The Labute approximate surface area is 161 Å². The van der Waals surface area contributed by atoms with E-state index in [9.17, 15) is 4.39 Å². The smallest absolute Gasteiger partial charge is 0.247 e. The highest BCUT2D eigenvalue weighted by Gasteiger charge is 2.26. The lowest BCUT2D eigenvalue weighted by Gasteiger charge is -2.19. The Morgan fingerprint density at radius 2 is 2.04 bits per heavy atom. The van der Waals surface area contributed by atoms with E-state index < -0.39 is 6.23 Å². The molecule has 1 aliphatic rings. The molecule has 0 aliphatic carbocycles. The van der Waals surface area contributed by atoms with E-state index in [4.69, 9.17) is 4.74 Å². The number of halogens is 1. The van der Waals surface area contributed by atoms with Gasteiger partial charge in [-0.15, -0.1) is 10.2 Å². The lowest BCUT2D eigenvalue weighted by atomic mass is 10.1. The van der Waals surface area contributed by atoms with Gasteiger partial charge >= 0.3 is 0 Å². The molecular formula is C20H19FN4OS. The minimum atomic E-state index is -0.576. The first-order chi connectivity index (χ1) is 13.2. The molecule has 1 aromatic heterocycles. The van der Waals surface area contributed by atoms with Gasteiger partial charge in [0, 0.05) is 22.6 Å². The molecule has 0 spiro atoms. The maximum absolute atomic E-state index is 13.7. The molecule has 138 valence electrons. The number of fused-ring (bicyclic) bond motifs is 3. The highest BCUT2D eigenvalue weighted by Crippen LogP contribution is 2.39. The van der Waals surface area contributed by atoms with Gasteiger partial charge in [0.15, 0.2) is 11.9 Å². The van der Waals surface area contributed by atoms with Crippen LogP contribution in [0.25, 0.3) is 11.3 Å². The van der Waals surface area contributed by atoms with Gasteiger partial charge in [-0.2, -0.15) is 4.98 Å². The van der Waals surface area contributed by atoms with Crippen LogP contribution in [0, 0.1) is 5.82 Å². The van der Waals surface area contributed by atoms with Crippen LogP contribution in [-0.2, 0) is 0 Å². The minimum Gasteiger partial charge on any atom is -0.448 e. The molecule has 0 saturated carbocycles. The fraction of sp³-hybridized carbons (Fsp3) is 0.250. The Hall–Kier alpha value is -2.67. The fourth-order valence-corrected chi connectivity index (χ4v) is 3.70. The Morgan fingerprint density at radius 1 is 1.15 bits per heavy atom. The summed E-state index contributed by atoms with van der Waals surface area (Å²) < 4.78 is 19.9. The minimum absolute atomic E-state index is 0.313. The van der Waals surface area contributed by atoms with Crippen molar-refractivity contribution < 1.29 is 9.13 Å². The number of benzene rings is 2. The van der Waals surface area contributed by atoms with Gasteiger partial charge in [-0.3, -0.25) is 0 Å². The lowest BCUT2D eigenvalue weighted by molar-refractivity contribution is 0.225. The number of nitrogens with zero attached hydrogens (tertiary/aromatic N) is 3. The lowest BCUT2D eigenvalue weighted by Crippen LogP contribution is -2.17. The van der Waals surface area contributed by atoms with Gasteiger partial charge < -0.3 is 10.1 Å². The summed E-state index contributed by atoms with van der Waals surface area (Å²) in [5.74, 6) is 1.02.